The number of thioether (sulfide) groups is 1. The normalized spacial score (nSPS) is 15.3. The maximum Gasteiger partial charge on any atom is 0.340 e. The maximum atomic E-state index is 12.5. The highest BCUT2D eigenvalue weighted by Gasteiger charge is 2.26. The number of nitrogens with one attached hydrogen (secondary N) is 1. The number of carbonyl (C=O) groups excluding carboxylic acids is 2. The molecule has 0 unspecified atom stereocenters. The Morgan fingerprint density at radius 3 is 2.47 bits per heavy atom. The topological polar surface area (TPSA) is 124 Å². The summed E-state index contributed by atoms with van der Waals surface area (Å²) in [6, 6.07) is 9.62. The minimum Gasteiger partial charge on any atom is -0.493 e. The lowest BCUT2D eigenvalue weighted by Gasteiger charge is -2.12. The zero-order chi connectivity index (χ0) is 24.7. The first kappa shape index (κ1) is 24.8. The number of aliphatic imine (C=N–C) groups is 1. The van der Waals surface area contributed by atoms with E-state index in [1.807, 2.05) is 6.92 Å². The molecule has 1 aliphatic heterocycles. The molecule has 2 aromatic rings. The Bertz CT molecular complexity index is 1160. The summed E-state index contributed by atoms with van der Waals surface area (Å²) in [6.07, 6.45) is 3.21. The molecule has 10 heteroatoms. The number of carboxylic acid groups (broad SMARTS) is 1. The number of unbranched alkanes of at least 4 members (excludes halogenated alkanes) is 1. The third-order valence-electron chi connectivity index (χ3n) is 4.79. The number of carboxylic acids is 1. The van der Waals surface area contributed by atoms with Crippen LogP contribution >= 0.6 is 11.8 Å². The molecule has 1 amide bonds. The standard InChI is InChI=1S/C24H24N2O7S/c1-4-5-12-33-23(30)14-6-9-16(10-7-14)25-24-26-21(27)18(34-24)13-15-8-11-17(31-2)20(32-3)19(15)22(28)29/h6-11,13H,4-5,12H2,1-3H3,(H,28,29)(H,25,26,27)/b18-13-. The minimum atomic E-state index is -1.21. The molecular weight excluding hydrogens is 460 g/mol. The van der Waals surface area contributed by atoms with Crippen molar-refractivity contribution < 1.29 is 33.7 Å². The highest BCUT2D eigenvalue weighted by atomic mass is 32.2. The maximum absolute atomic E-state index is 12.5. The van der Waals surface area contributed by atoms with Gasteiger partial charge in [-0.25, -0.2) is 14.6 Å². The van der Waals surface area contributed by atoms with E-state index in [-0.39, 0.29) is 27.5 Å². The van der Waals surface area contributed by atoms with Crippen molar-refractivity contribution in [2.24, 2.45) is 4.99 Å². The quantitative estimate of drug-likeness (QED) is 0.308. The largest absolute Gasteiger partial charge is 0.493 e. The first-order chi connectivity index (χ1) is 16.4. The van der Waals surface area contributed by atoms with Crippen LogP contribution in [0, 0.1) is 0 Å². The van der Waals surface area contributed by atoms with Crippen molar-refractivity contribution >= 4 is 46.5 Å². The van der Waals surface area contributed by atoms with Gasteiger partial charge in [0.1, 0.15) is 5.56 Å². The molecule has 1 aliphatic rings. The number of nitrogens with zero attached hydrogens (tertiary/aromatic N) is 1. The van der Waals surface area contributed by atoms with Crippen molar-refractivity contribution in [2.75, 3.05) is 20.8 Å². The van der Waals surface area contributed by atoms with Gasteiger partial charge in [0.05, 0.1) is 37.0 Å². The number of hydrogen-bond acceptors (Lipinski definition) is 8. The predicted octanol–water partition coefficient (Wildman–Crippen LogP) is 4.25. The summed E-state index contributed by atoms with van der Waals surface area (Å²) in [4.78, 5) is 41.0. The van der Waals surface area contributed by atoms with E-state index >= 15 is 0 Å². The molecule has 0 aromatic heterocycles. The summed E-state index contributed by atoms with van der Waals surface area (Å²) < 4.78 is 15.6. The van der Waals surface area contributed by atoms with Gasteiger partial charge in [0.2, 0.25) is 0 Å². The lowest BCUT2D eigenvalue weighted by molar-refractivity contribution is -0.115. The molecule has 1 saturated heterocycles. The van der Waals surface area contributed by atoms with Crippen LogP contribution in [0.15, 0.2) is 46.3 Å². The molecule has 3 rings (SSSR count). The Hall–Kier alpha value is -3.79. The van der Waals surface area contributed by atoms with Crippen LogP contribution in [0.2, 0.25) is 0 Å². The van der Waals surface area contributed by atoms with E-state index in [9.17, 15) is 19.5 Å². The SMILES string of the molecule is CCCCOC(=O)c1ccc(N=C2NC(=O)/C(=C/c3ccc(OC)c(OC)c3C(=O)O)S2)cc1. The summed E-state index contributed by atoms with van der Waals surface area (Å²) in [7, 11) is 2.76. The second kappa shape index (κ2) is 11.4. The summed E-state index contributed by atoms with van der Waals surface area (Å²) in [6.45, 7) is 2.39. The van der Waals surface area contributed by atoms with Crippen LogP contribution in [-0.4, -0.2) is 48.9 Å². The number of amides is 1. The van der Waals surface area contributed by atoms with Gasteiger partial charge in [-0.05, 0) is 60.2 Å². The van der Waals surface area contributed by atoms with E-state index < -0.39 is 17.8 Å². The Kier molecular flexibility index (Phi) is 8.31. The van der Waals surface area contributed by atoms with Crippen molar-refractivity contribution in [3.8, 4) is 11.5 Å². The van der Waals surface area contributed by atoms with Crippen LogP contribution in [-0.2, 0) is 9.53 Å². The molecule has 1 heterocycles. The fraction of sp³-hybridized carbons (Fsp3) is 0.250. The van der Waals surface area contributed by atoms with Gasteiger partial charge in [-0.1, -0.05) is 19.4 Å². The van der Waals surface area contributed by atoms with Gasteiger partial charge in [0.15, 0.2) is 16.7 Å². The molecule has 0 radical (unpaired) electrons. The number of rotatable bonds is 9. The van der Waals surface area contributed by atoms with E-state index in [0.29, 0.717) is 23.0 Å². The molecule has 0 bridgehead atoms. The second-order valence-corrected chi connectivity index (χ2v) is 8.12. The first-order valence-corrected chi connectivity index (χ1v) is 11.2. The van der Waals surface area contributed by atoms with E-state index in [4.69, 9.17) is 14.2 Å². The van der Waals surface area contributed by atoms with E-state index in [1.165, 1.54) is 20.3 Å². The number of benzene rings is 2. The number of hydrogen-bond donors (Lipinski definition) is 2. The average Bonchev–Trinajstić information content (AvgIpc) is 3.17. The lowest BCUT2D eigenvalue weighted by Crippen LogP contribution is -2.19. The van der Waals surface area contributed by atoms with Crippen LogP contribution in [0.25, 0.3) is 6.08 Å². The van der Waals surface area contributed by atoms with E-state index in [1.54, 1.807) is 36.4 Å². The molecule has 0 atom stereocenters. The Morgan fingerprint density at radius 1 is 1.12 bits per heavy atom. The fourth-order valence-electron chi connectivity index (χ4n) is 3.09. The number of methoxy groups -OCH3 is 2. The van der Waals surface area contributed by atoms with E-state index in [0.717, 1.165) is 24.6 Å². The molecule has 1 fully saturated rings. The lowest BCUT2D eigenvalue weighted by atomic mass is 10.0. The molecule has 34 heavy (non-hydrogen) atoms. The molecule has 178 valence electrons. The second-order valence-electron chi connectivity index (χ2n) is 7.09. The number of esters is 1. The van der Waals surface area contributed by atoms with Crippen LogP contribution in [0.1, 0.15) is 46.0 Å². The third kappa shape index (κ3) is 5.76. The van der Waals surface area contributed by atoms with Gasteiger partial charge in [0.25, 0.3) is 5.91 Å². The Balaban J connectivity index is 1.80. The van der Waals surface area contributed by atoms with Crippen LogP contribution in [0.4, 0.5) is 5.69 Å². The van der Waals surface area contributed by atoms with Gasteiger partial charge < -0.3 is 24.6 Å². The summed E-state index contributed by atoms with van der Waals surface area (Å²) in [5, 5.41) is 12.7. The summed E-state index contributed by atoms with van der Waals surface area (Å²) in [5.41, 5.74) is 1.12. The first-order valence-electron chi connectivity index (χ1n) is 10.4. The molecule has 0 spiro atoms. The fourth-order valence-corrected chi connectivity index (χ4v) is 3.92. The molecule has 9 nitrogen and oxygen atoms in total. The molecule has 2 N–H and O–H groups in total. The van der Waals surface area contributed by atoms with Gasteiger partial charge in [-0.3, -0.25) is 4.79 Å². The summed E-state index contributed by atoms with van der Waals surface area (Å²) in [5.74, 6) is -1.69. The van der Waals surface area contributed by atoms with Crippen LogP contribution in [0.5, 0.6) is 11.5 Å². The van der Waals surface area contributed by atoms with Gasteiger partial charge in [-0.15, -0.1) is 0 Å². The molecular formula is C24H24N2O7S. The smallest absolute Gasteiger partial charge is 0.340 e. The highest BCUT2D eigenvalue weighted by molar-refractivity contribution is 8.18. The predicted molar refractivity (Wildman–Crippen MR) is 129 cm³/mol. The Labute approximate surface area is 200 Å². The highest BCUT2D eigenvalue weighted by Crippen LogP contribution is 2.36. The van der Waals surface area contributed by atoms with Crippen molar-refractivity contribution in [3.05, 3.63) is 58.0 Å². The minimum absolute atomic E-state index is 0.0648. The van der Waals surface area contributed by atoms with Crippen molar-refractivity contribution in [1.82, 2.24) is 5.32 Å². The number of amidine groups is 1. The molecule has 2 aromatic carbocycles. The molecule has 0 saturated carbocycles. The van der Waals surface area contributed by atoms with Crippen molar-refractivity contribution in [1.29, 1.82) is 0 Å². The van der Waals surface area contributed by atoms with Crippen molar-refractivity contribution in [3.63, 3.8) is 0 Å². The Morgan fingerprint density at radius 2 is 1.85 bits per heavy atom. The third-order valence-corrected chi connectivity index (χ3v) is 5.70. The van der Waals surface area contributed by atoms with Gasteiger partial charge in [-0.2, -0.15) is 0 Å². The zero-order valence-electron chi connectivity index (χ0n) is 18.9. The number of carbonyl (C=O) groups is 3. The number of ether oxygens (including phenoxy) is 3. The van der Waals surface area contributed by atoms with Gasteiger partial charge in [0, 0.05) is 0 Å². The summed E-state index contributed by atoms with van der Waals surface area (Å²) >= 11 is 1.07. The average molecular weight is 485 g/mol. The van der Waals surface area contributed by atoms with Crippen LogP contribution in [0.3, 0.4) is 0 Å². The van der Waals surface area contributed by atoms with Crippen LogP contribution < -0.4 is 14.8 Å². The number of aromatic carboxylic acids is 1. The van der Waals surface area contributed by atoms with E-state index in [2.05, 4.69) is 10.3 Å². The zero-order valence-corrected chi connectivity index (χ0v) is 19.7. The molecule has 0 aliphatic carbocycles. The van der Waals surface area contributed by atoms with Gasteiger partial charge >= 0.3 is 11.9 Å². The van der Waals surface area contributed by atoms with Crippen molar-refractivity contribution in [2.45, 2.75) is 19.8 Å². The monoisotopic (exact) mass is 484 g/mol.